The summed E-state index contributed by atoms with van der Waals surface area (Å²) in [7, 11) is 0. The Morgan fingerprint density at radius 2 is 1.73 bits per heavy atom. The number of hydrogen-bond donors (Lipinski definition) is 1. The Balaban J connectivity index is 2.01. The molecule has 0 aliphatic heterocycles. The van der Waals surface area contributed by atoms with Gasteiger partial charge in [0.1, 0.15) is 11.8 Å². The SMILES string of the molecule is CCOC(=O)C(Cc1ccccc1)NC(=O)C(C)Oc1ccc(Br)cc1. The molecule has 6 heteroatoms. The Morgan fingerprint density at radius 3 is 2.35 bits per heavy atom. The number of amides is 1. The second kappa shape index (κ2) is 9.97. The molecule has 0 spiro atoms. The van der Waals surface area contributed by atoms with Crippen LogP contribution in [0.4, 0.5) is 0 Å². The van der Waals surface area contributed by atoms with Crippen molar-refractivity contribution in [1.82, 2.24) is 5.32 Å². The van der Waals surface area contributed by atoms with Gasteiger partial charge in [0, 0.05) is 10.9 Å². The second-order valence-electron chi connectivity index (χ2n) is 5.72. The third-order valence-electron chi connectivity index (χ3n) is 3.67. The molecule has 2 unspecified atom stereocenters. The van der Waals surface area contributed by atoms with Crippen molar-refractivity contribution >= 4 is 27.8 Å². The van der Waals surface area contributed by atoms with Gasteiger partial charge in [0.25, 0.3) is 5.91 Å². The smallest absolute Gasteiger partial charge is 0.328 e. The van der Waals surface area contributed by atoms with Gasteiger partial charge in [-0.05, 0) is 43.7 Å². The summed E-state index contributed by atoms with van der Waals surface area (Å²) in [6.45, 7) is 3.63. The molecule has 0 heterocycles. The lowest BCUT2D eigenvalue weighted by atomic mass is 10.1. The zero-order valence-corrected chi connectivity index (χ0v) is 16.4. The third-order valence-corrected chi connectivity index (χ3v) is 4.19. The minimum atomic E-state index is -0.763. The Bertz CT molecular complexity index is 718. The van der Waals surface area contributed by atoms with E-state index in [0.717, 1.165) is 10.0 Å². The van der Waals surface area contributed by atoms with E-state index in [1.807, 2.05) is 42.5 Å². The Kier molecular flexibility index (Phi) is 7.66. The Hall–Kier alpha value is -2.34. The number of ether oxygens (including phenoxy) is 2. The van der Waals surface area contributed by atoms with E-state index in [4.69, 9.17) is 9.47 Å². The molecule has 2 rings (SSSR count). The fourth-order valence-corrected chi connectivity index (χ4v) is 2.61. The molecule has 0 aliphatic carbocycles. The average molecular weight is 420 g/mol. The maximum Gasteiger partial charge on any atom is 0.328 e. The zero-order chi connectivity index (χ0) is 18.9. The van der Waals surface area contributed by atoms with Crippen LogP contribution in [0.15, 0.2) is 59.1 Å². The van der Waals surface area contributed by atoms with Crippen LogP contribution in [0.25, 0.3) is 0 Å². The van der Waals surface area contributed by atoms with E-state index in [1.165, 1.54) is 0 Å². The lowest BCUT2D eigenvalue weighted by molar-refractivity contribution is -0.148. The van der Waals surface area contributed by atoms with Crippen molar-refractivity contribution in [1.29, 1.82) is 0 Å². The van der Waals surface area contributed by atoms with Gasteiger partial charge in [-0.1, -0.05) is 46.3 Å². The number of nitrogens with one attached hydrogen (secondary N) is 1. The van der Waals surface area contributed by atoms with Crippen molar-refractivity contribution in [3.05, 3.63) is 64.6 Å². The molecule has 1 N–H and O–H groups in total. The molecular formula is C20H22BrNO4. The first kappa shape index (κ1) is 20.0. The van der Waals surface area contributed by atoms with Crippen LogP contribution in [0.5, 0.6) is 5.75 Å². The highest BCUT2D eigenvalue weighted by molar-refractivity contribution is 9.10. The van der Waals surface area contributed by atoms with Crippen LogP contribution in [0, 0.1) is 0 Å². The van der Waals surface area contributed by atoms with Crippen LogP contribution in [-0.4, -0.2) is 30.6 Å². The molecule has 0 fully saturated rings. The van der Waals surface area contributed by atoms with E-state index in [0.29, 0.717) is 12.2 Å². The number of rotatable bonds is 8. The molecule has 138 valence electrons. The molecule has 0 radical (unpaired) electrons. The van der Waals surface area contributed by atoms with Crippen molar-refractivity contribution < 1.29 is 19.1 Å². The fraction of sp³-hybridized carbons (Fsp3) is 0.300. The predicted octanol–water partition coefficient (Wildman–Crippen LogP) is 3.51. The van der Waals surface area contributed by atoms with Gasteiger partial charge in [0.15, 0.2) is 6.10 Å². The van der Waals surface area contributed by atoms with Crippen molar-refractivity contribution in [2.45, 2.75) is 32.4 Å². The minimum Gasteiger partial charge on any atom is -0.481 e. The van der Waals surface area contributed by atoms with Gasteiger partial charge in [-0.15, -0.1) is 0 Å². The normalized spacial score (nSPS) is 12.7. The van der Waals surface area contributed by atoms with Crippen molar-refractivity contribution in [3.63, 3.8) is 0 Å². The summed E-state index contributed by atoms with van der Waals surface area (Å²) in [4.78, 5) is 24.7. The van der Waals surface area contributed by atoms with Gasteiger partial charge in [0.05, 0.1) is 6.61 Å². The summed E-state index contributed by atoms with van der Waals surface area (Å²) in [5.74, 6) is -0.256. The van der Waals surface area contributed by atoms with E-state index in [1.54, 1.807) is 26.0 Å². The minimum absolute atomic E-state index is 0.255. The number of esters is 1. The van der Waals surface area contributed by atoms with E-state index >= 15 is 0 Å². The first-order valence-electron chi connectivity index (χ1n) is 8.42. The van der Waals surface area contributed by atoms with E-state index in [2.05, 4.69) is 21.2 Å². The van der Waals surface area contributed by atoms with Crippen molar-refractivity contribution in [3.8, 4) is 5.75 Å². The lowest BCUT2D eigenvalue weighted by Gasteiger charge is -2.20. The summed E-state index contributed by atoms with van der Waals surface area (Å²) in [6, 6.07) is 15.9. The Morgan fingerprint density at radius 1 is 1.08 bits per heavy atom. The van der Waals surface area contributed by atoms with Crippen LogP contribution in [0.2, 0.25) is 0 Å². The topological polar surface area (TPSA) is 64.6 Å². The number of benzene rings is 2. The van der Waals surface area contributed by atoms with Gasteiger partial charge in [-0.2, -0.15) is 0 Å². The zero-order valence-electron chi connectivity index (χ0n) is 14.8. The van der Waals surface area contributed by atoms with Crippen molar-refractivity contribution in [2.75, 3.05) is 6.61 Å². The average Bonchev–Trinajstić information content (AvgIpc) is 2.64. The number of carbonyl (C=O) groups is 2. The van der Waals surface area contributed by atoms with Crippen LogP contribution in [0.3, 0.4) is 0 Å². The molecule has 0 saturated heterocycles. The van der Waals surface area contributed by atoms with Crippen molar-refractivity contribution in [2.24, 2.45) is 0 Å². The highest BCUT2D eigenvalue weighted by Gasteiger charge is 2.25. The van der Waals surface area contributed by atoms with Gasteiger partial charge in [-0.25, -0.2) is 4.79 Å². The van der Waals surface area contributed by atoms with Gasteiger partial charge in [0.2, 0.25) is 0 Å². The molecule has 2 aromatic carbocycles. The standard InChI is InChI=1S/C20H22BrNO4/c1-3-25-20(24)18(13-15-7-5-4-6-8-15)22-19(23)14(2)26-17-11-9-16(21)10-12-17/h4-12,14,18H,3,13H2,1-2H3,(H,22,23). The first-order chi connectivity index (χ1) is 12.5. The fourth-order valence-electron chi connectivity index (χ4n) is 2.35. The maximum absolute atomic E-state index is 12.5. The first-order valence-corrected chi connectivity index (χ1v) is 9.22. The summed E-state index contributed by atoms with van der Waals surface area (Å²) in [5.41, 5.74) is 0.937. The molecule has 0 aliphatic rings. The second-order valence-corrected chi connectivity index (χ2v) is 6.63. The summed E-state index contributed by atoms with van der Waals surface area (Å²) < 4.78 is 11.6. The van der Waals surface area contributed by atoms with E-state index in [-0.39, 0.29) is 12.5 Å². The van der Waals surface area contributed by atoms with Crippen LogP contribution >= 0.6 is 15.9 Å². The highest BCUT2D eigenvalue weighted by atomic mass is 79.9. The largest absolute Gasteiger partial charge is 0.481 e. The maximum atomic E-state index is 12.5. The predicted molar refractivity (Wildman–Crippen MR) is 103 cm³/mol. The highest BCUT2D eigenvalue weighted by Crippen LogP contribution is 2.17. The lowest BCUT2D eigenvalue weighted by Crippen LogP contribution is -2.48. The molecule has 0 aromatic heterocycles. The molecule has 5 nitrogen and oxygen atoms in total. The third kappa shape index (κ3) is 6.19. The monoisotopic (exact) mass is 419 g/mol. The summed E-state index contributed by atoms with van der Waals surface area (Å²) in [6.07, 6.45) is -0.389. The number of halogens is 1. The van der Waals surface area contributed by atoms with Crippen LogP contribution in [0.1, 0.15) is 19.4 Å². The summed E-state index contributed by atoms with van der Waals surface area (Å²) >= 11 is 3.35. The molecule has 0 saturated carbocycles. The molecule has 2 aromatic rings. The van der Waals surface area contributed by atoms with E-state index < -0.39 is 18.1 Å². The van der Waals surface area contributed by atoms with E-state index in [9.17, 15) is 9.59 Å². The van der Waals surface area contributed by atoms with Gasteiger partial charge in [-0.3, -0.25) is 4.79 Å². The molecule has 1 amide bonds. The van der Waals surface area contributed by atoms with Gasteiger partial charge < -0.3 is 14.8 Å². The number of carbonyl (C=O) groups excluding carboxylic acids is 2. The molecular weight excluding hydrogens is 398 g/mol. The summed E-state index contributed by atoms with van der Waals surface area (Å²) in [5, 5.41) is 2.73. The van der Waals surface area contributed by atoms with Crippen LogP contribution < -0.4 is 10.1 Å². The quantitative estimate of drug-likeness (QED) is 0.664. The van der Waals surface area contributed by atoms with Crippen LogP contribution in [-0.2, 0) is 20.7 Å². The molecule has 0 bridgehead atoms. The Labute approximate surface area is 161 Å². The molecule has 26 heavy (non-hydrogen) atoms. The number of hydrogen-bond acceptors (Lipinski definition) is 4. The van der Waals surface area contributed by atoms with Gasteiger partial charge >= 0.3 is 5.97 Å². The molecule has 2 atom stereocenters.